The Morgan fingerprint density at radius 1 is 1.29 bits per heavy atom. The second-order valence-electron chi connectivity index (χ2n) is 9.59. The summed E-state index contributed by atoms with van der Waals surface area (Å²) in [6, 6.07) is 4.57. The first kappa shape index (κ1) is 21.7. The zero-order chi connectivity index (χ0) is 22.2. The first-order valence-electron chi connectivity index (χ1n) is 10.6. The standard InChI is InChI=1S/C22H31N3O6/c1-21(2,3)31-20(27)23-16-10-30-18-6-5-15(9-17(18)24(4)19(16)26)29-8-7-25-11-22(12-25)13-28-14-22/h5-6,9,16H,7-8,10-14H2,1-4H3,(H,23,27)/t16-/m0/s1. The molecule has 170 valence electrons. The monoisotopic (exact) mass is 433 g/mol. The van der Waals surface area contributed by atoms with Crippen molar-refractivity contribution in [3.8, 4) is 11.5 Å². The van der Waals surface area contributed by atoms with Crippen LogP contribution in [0.4, 0.5) is 10.5 Å². The van der Waals surface area contributed by atoms with Gasteiger partial charge in [0.25, 0.3) is 5.91 Å². The molecule has 0 bridgehead atoms. The van der Waals surface area contributed by atoms with Gasteiger partial charge in [0.05, 0.1) is 18.9 Å². The number of carbonyl (C=O) groups excluding carboxylic acids is 2. The van der Waals surface area contributed by atoms with Gasteiger partial charge >= 0.3 is 6.09 Å². The highest BCUT2D eigenvalue weighted by atomic mass is 16.6. The molecule has 4 rings (SSSR count). The number of nitrogens with one attached hydrogen (secondary N) is 1. The summed E-state index contributed by atoms with van der Waals surface area (Å²) >= 11 is 0. The summed E-state index contributed by atoms with van der Waals surface area (Å²) < 4.78 is 22.3. The lowest BCUT2D eigenvalue weighted by atomic mass is 9.78. The quantitative estimate of drug-likeness (QED) is 0.755. The van der Waals surface area contributed by atoms with Crippen molar-refractivity contribution in [1.82, 2.24) is 10.2 Å². The maximum atomic E-state index is 12.9. The number of amides is 2. The maximum Gasteiger partial charge on any atom is 0.408 e. The number of benzene rings is 1. The molecule has 2 saturated heterocycles. The van der Waals surface area contributed by atoms with E-state index in [9.17, 15) is 9.59 Å². The van der Waals surface area contributed by atoms with Gasteiger partial charge in [-0.1, -0.05) is 0 Å². The summed E-state index contributed by atoms with van der Waals surface area (Å²) in [7, 11) is 1.66. The van der Waals surface area contributed by atoms with E-state index < -0.39 is 17.7 Å². The van der Waals surface area contributed by atoms with Crippen molar-refractivity contribution in [2.24, 2.45) is 5.41 Å². The van der Waals surface area contributed by atoms with Crippen molar-refractivity contribution in [3.63, 3.8) is 0 Å². The lowest BCUT2D eigenvalue weighted by Gasteiger charge is -2.55. The molecular formula is C22H31N3O6. The van der Waals surface area contributed by atoms with E-state index in [4.69, 9.17) is 18.9 Å². The van der Waals surface area contributed by atoms with Crippen molar-refractivity contribution in [1.29, 1.82) is 0 Å². The van der Waals surface area contributed by atoms with E-state index in [0.717, 1.165) is 32.8 Å². The zero-order valence-corrected chi connectivity index (χ0v) is 18.6. The van der Waals surface area contributed by atoms with Crippen LogP contribution in [0.1, 0.15) is 20.8 Å². The summed E-state index contributed by atoms with van der Waals surface area (Å²) in [4.78, 5) is 28.8. The minimum Gasteiger partial charge on any atom is -0.492 e. The highest BCUT2D eigenvalue weighted by Crippen LogP contribution is 2.37. The van der Waals surface area contributed by atoms with Crippen molar-refractivity contribution in [2.75, 3.05) is 58.0 Å². The van der Waals surface area contributed by atoms with Gasteiger partial charge in [-0.25, -0.2) is 4.79 Å². The molecule has 2 amide bonds. The highest BCUT2D eigenvalue weighted by molar-refractivity contribution is 6.00. The van der Waals surface area contributed by atoms with E-state index in [1.807, 2.05) is 6.07 Å². The van der Waals surface area contributed by atoms with Gasteiger partial charge in [-0.3, -0.25) is 9.69 Å². The molecule has 1 atom stereocenters. The number of alkyl carbamates (subject to hydrolysis) is 1. The summed E-state index contributed by atoms with van der Waals surface area (Å²) in [6.07, 6.45) is -0.654. The Hall–Kier alpha value is -2.52. The number of hydrogen-bond donors (Lipinski definition) is 1. The zero-order valence-electron chi connectivity index (χ0n) is 18.6. The van der Waals surface area contributed by atoms with E-state index >= 15 is 0 Å². The van der Waals surface area contributed by atoms with E-state index in [2.05, 4.69) is 10.2 Å². The second-order valence-corrected chi connectivity index (χ2v) is 9.59. The molecule has 0 radical (unpaired) electrons. The molecule has 0 unspecified atom stereocenters. The summed E-state index contributed by atoms with van der Waals surface area (Å²) in [5, 5.41) is 2.60. The molecule has 31 heavy (non-hydrogen) atoms. The van der Waals surface area contributed by atoms with Crippen LogP contribution in [0.5, 0.6) is 11.5 Å². The Balaban J connectivity index is 1.32. The third kappa shape index (κ3) is 4.88. The fraction of sp³-hybridized carbons (Fsp3) is 0.636. The van der Waals surface area contributed by atoms with Gasteiger partial charge in [0, 0.05) is 38.2 Å². The summed E-state index contributed by atoms with van der Waals surface area (Å²) in [5.74, 6) is 0.949. The van der Waals surface area contributed by atoms with Crippen LogP contribution in [0, 0.1) is 5.41 Å². The molecule has 0 aromatic heterocycles. The maximum absolute atomic E-state index is 12.9. The van der Waals surface area contributed by atoms with Crippen LogP contribution in [0.3, 0.4) is 0 Å². The molecule has 9 nitrogen and oxygen atoms in total. The third-order valence-corrected chi connectivity index (χ3v) is 5.63. The lowest BCUT2D eigenvalue weighted by Crippen LogP contribution is -2.66. The van der Waals surface area contributed by atoms with Crippen LogP contribution in [0.2, 0.25) is 0 Å². The number of fused-ring (bicyclic) bond motifs is 1. The van der Waals surface area contributed by atoms with Gasteiger partial charge in [-0.15, -0.1) is 0 Å². The predicted octanol–water partition coefficient (Wildman–Crippen LogP) is 1.65. The van der Waals surface area contributed by atoms with E-state index in [1.54, 1.807) is 40.0 Å². The van der Waals surface area contributed by atoms with Crippen LogP contribution < -0.4 is 19.7 Å². The molecule has 3 aliphatic rings. The van der Waals surface area contributed by atoms with Crippen molar-refractivity contribution < 1.29 is 28.5 Å². The molecule has 1 aromatic carbocycles. The van der Waals surface area contributed by atoms with Crippen LogP contribution in [0.15, 0.2) is 18.2 Å². The van der Waals surface area contributed by atoms with Crippen molar-refractivity contribution in [2.45, 2.75) is 32.4 Å². The molecular weight excluding hydrogens is 402 g/mol. The minimum atomic E-state index is -0.842. The predicted molar refractivity (Wildman–Crippen MR) is 114 cm³/mol. The number of anilines is 1. The van der Waals surface area contributed by atoms with Crippen molar-refractivity contribution >= 4 is 17.7 Å². The molecule has 0 saturated carbocycles. The molecule has 1 spiro atoms. The van der Waals surface area contributed by atoms with Gasteiger partial charge in [-0.2, -0.15) is 0 Å². The first-order valence-corrected chi connectivity index (χ1v) is 10.6. The van der Waals surface area contributed by atoms with E-state index in [-0.39, 0.29) is 12.5 Å². The van der Waals surface area contributed by atoms with E-state index in [1.165, 1.54) is 4.90 Å². The fourth-order valence-electron chi connectivity index (χ4n) is 4.05. The molecule has 1 aromatic rings. The number of likely N-dealkylation sites (tertiary alicyclic amines) is 1. The van der Waals surface area contributed by atoms with Gasteiger partial charge in [0.15, 0.2) is 0 Å². The Morgan fingerprint density at radius 2 is 2.03 bits per heavy atom. The molecule has 0 aliphatic carbocycles. The van der Waals surface area contributed by atoms with Gasteiger partial charge in [0.1, 0.15) is 36.4 Å². The number of hydrogen-bond acceptors (Lipinski definition) is 7. The molecule has 2 fully saturated rings. The average molecular weight is 434 g/mol. The molecule has 3 aliphatic heterocycles. The smallest absolute Gasteiger partial charge is 0.408 e. The number of carbonyl (C=O) groups is 2. The SMILES string of the molecule is CN1C(=O)[C@@H](NC(=O)OC(C)(C)C)COc2ccc(OCCN3CC4(COC4)C3)cc21. The number of ether oxygens (including phenoxy) is 4. The third-order valence-electron chi connectivity index (χ3n) is 5.63. The van der Waals surface area contributed by atoms with E-state index in [0.29, 0.717) is 29.2 Å². The Kier molecular flexibility index (Phi) is 5.74. The minimum absolute atomic E-state index is 0.0239. The van der Waals surface area contributed by atoms with Crippen LogP contribution in [0.25, 0.3) is 0 Å². The van der Waals surface area contributed by atoms with Crippen LogP contribution in [-0.2, 0) is 14.3 Å². The first-order chi connectivity index (χ1) is 14.6. The number of likely N-dealkylation sites (N-methyl/N-ethyl adjacent to an activating group) is 1. The Morgan fingerprint density at radius 3 is 2.68 bits per heavy atom. The Labute approximate surface area is 182 Å². The topological polar surface area (TPSA) is 89.6 Å². The van der Waals surface area contributed by atoms with Crippen LogP contribution in [-0.4, -0.2) is 81.7 Å². The molecule has 9 heteroatoms. The summed E-state index contributed by atoms with van der Waals surface area (Å²) in [6.45, 7) is 10.6. The van der Waals surface area contributed by atoms with Crippen LogP contribution >= 0.6 is 0 Å². The number of rotatable bonds is 5. The largest absolute Gasteiger partial charge is 0.492 e. The highest BCUT2D eigenvalue weighted by Gasteiger charge is 2.48. The molecule has 1 N–H and O–H groups in total. The normalized spacial score (nSPS) is 22.5. The Bertz CT molecular complexity index is 840. The lowest BCUT2D eigenvalue weighted by molar-refractivity contribution is -0.189. The average Bonchev–Trinajstić information content (AvgIpc) is 2.73. The van der Waals surface area contributed by atoms with Gasteiger partial charge < -0.3 is 29.2 Å². The summed E-state index contributed by atoms with van der Waals surface area (Å²) in [5.41, 5.74) is 0.349. The second kappa shape index (κ2) is 8.20. The molecule has 3 heterocycles. The van der Waals surface area contributed by atoms with Gasteiger partial charge in [0.2, 0.25) is 0 Å². The number of nitrogens with zero attached hydrogens (tertiary/aromatic N) is 2. The fourth-order valence-corrected chi connectivity index (χ4v) is 4.05. The van der Waals surface area contributed by atoms with Crippen molar-refractivity contribution in [3.05, 3.63) is 18.2 Å². The van der Waals surface area contributed by atoms with Gasteiger partial charge in [-0.05, 0) is 32.9 Å².